The van der Waals surface area contributed by atoms with Gasteiger partial charge in [-0.05, 0) is 52.3 Å². The fourth-order valence-electron chi connectivity index (χ4n) is 2.43. The first-order valence-electron chi connectivity index (χ1n) is 7.67. The molecule has 3 rings (SSSR count). The van der Waals surface area contributed by atoms with Gasteiger partial charge >= 0.3 is 0 Å². The maximum absolute atomic E-state index is 13.5. The minimum atomic E-state index is -0.282. The number of halogens is 2. The van der Waals surface area contributed by atoms with Gasteiger partial charge in [0.2, 0.25) is 0 Å². The van der Waals surface area contributed by atoms with Gasteiger partial charge in [-0.1, -0.05) is 13.0 Å². The van der Waals surface area contributed by atoms with Crippen molar-refractivity contribution in [2.24, 2.45) is 0 Å². The van der Waals surface area contributed by atoms with Gasteiger partial charge < -0.3 is 10.6 Å². The van der Waals surface area contributed by atoms with Crippen LogP contribution in [0.2, 0.25) is 0 Å². The number of rotatable bonds is 6. The predicted octanol–water partition coefficient (Wildman–Crippen LogP) is 3.69. The number of pyridine rings is 1. The Morgan fingerprint density at radius 3 is 2.88 bits per heavy atom. The zero-order chi connectivity index (χ0) is 16.9. The van der Waals surface area contributed by atoms with Crippen LogP contribution in [0.25, 0.3) is 11.0 Å². The number of benzene rings is 1. The molecule has 2 aromatic heterocycles. The molecule has 0 aliphatic heterocycles. The Kier molecular flexibility index (Phi) is 5.32. The zero-order valence-corrected chi connectivity index (χ0v) is 14.7. The van der Waals surface area contributed by atoms with Gasteiger partial charge in [0.1, 0.15) is 17.7 Å². The lowest BCUT2D eigenvalue weighted by molar-refractivity contribution is 0.613. The van der Waals surface area contributed by atoms with Gasteiger partial charge in [-0.25, -0.2) is 14.4 Å². The number of nitrogens with zero attached hydrogens (tertiary/aromatic N) is 3. The van der Waals surface area contributed by atoms with Crippen LogP contribution in [0.3, 0.4) is 0 Å². The Morgan fingerprint density at radius 1 is 1.21 bits per heavy atom. The van der Waals surface area contributed by atoms with Gasteiger partial charge in [0.15, 0.2) is 5.82 Å². The third kappa shape index (κ3) is 3.68. The number of anilines is 1. The lowest BCUT2D eigenvalue weighted by Gasteiger charge is -2.21. The van der Waals surface area contributed by atoms with Crippen molar-refractivity contribution in [2.45, 2.75) is 13.0 Å². The van der Waals surface area contributed by atoms with Gasteiger partial charge in [-0.3, -0.25) is 4.98 Å². The molecule has 24 heavy (non-hydrogen) atoms. The Hall–Kier alpha value is -2.12. The van der Waals surface area contributed by atoms with E-state index in [-0.39, 0.29) is 11.9 Å². The fraction of sp³-hybridized carbons (Fsp3) is 0.235. The Morgan fingerprint density at radius 2 is 2.08 bits per heavy atom. The molecule has 1 atom stereocenters. The summed E-state index contributed by atoms with van der Waals surface area (Å²) in [7, 11) is 0. The van der Waals surface area contributed by atoms with Crippen LogP contribution in [0.15, 0.2) is 47.3 Å². The highest BCUT2D eigenvalue weighted by Crippen LogP contribution is 2.25. The Bertz CT molecular complexity index is 837. The monoisotopic (exact) mass is 389 g/mol. The molecule has 3 aromatic rings. The predicted molar refractivity (Wildman–Crippen MR) is 96.3 cm³/mol. The topological polar surface area (TPSA) is 62.7 Å². The number of hydrogen-bond donors (Lipinski definition) is 2. The summed E-state index contributed by atoms with van der Waals surface area (Å²) < 4.78 is 14.0. The third-order valence-corrected chi connectivity index (χ3v) is 4.26. The molecule has 7 heteroatoms. The molecule has 0 spiro atoms. The molecule has 5 nitrogen and oxygen atoms in total. The average molecular weight is 390 g/mol. The van der Waals surface area contributed by atoms with Crippen molar-refractivity contribution in [1.82, 2.24) is 20.3 Å². The maximum atomic E-state index is 13.5. The summed E-state index contributed by atoms with van der Waals surface area (Å²) in [6, 6.07) is 8.65. The normalized spacial score (nSPS) is 12.3. The van der Waals surface area contributed by atoms with Gasteiger partial charge in [0.25, 0.3) is 0 Å². The van der Waals surface area contributed by atoms with Crippen molar-refractivity contribution in [3.63, 3.8) is 0 Å². The number of likely N-dealkylation sites (N-methyl/N-ethyl adjacent to an activating group) is 1. The largest absolute Gasteiger partial charge is 0.360 e. The maximum Gasteiger partial charge on any atom is 0.156 e. The highest BCUT2D eigenvalue weighted by molar-refractivity contribution is 9.10. The highest BCUT2D eigenvalue weighted by atomic mass is 79.9. The van der Waals surface area contributed by atoms with Crippen LogP contribution in [-0.2, 0) is 0 Å². The van der Waals surface area contributed by atoms with E-state index in [1.807, 2.05) is 19.1 Å². The summed E-state index contributed by atoms with van der Waals surface area (Å²) in [6.45, 7) is 3.55. The summed E-state index contributed by atoms with van der Waals surface area (Å²) in [5.74, 6) is 0.374. The lowest BCUT2D eigenvalue weighted by atomic mass is 10.1. The SMILES string of the molecule is CCNC[C@@H](Nc1ncnc2cccnc12)c1ccc(F)c(Br)c1. The van der Waals surface area contributed by atoms with Crippen LogP contribution in [-0.4, -0.2) is 28.0 Å². The summed E-state index contributed by atoms with van der Waals surface area (Å²) >= 11 is 3.25. The quantitative estimate of drug-likeness (QED) is 0.672. The second-order valence-corrected chi connectivity index (χ2v) is 6.13. The van der Waals surface area contributed by atoms with E-state index in [1.54, 1.807) is 18.3 Å². The van der Waals surface area contributed by atoms with Crippen molar-refractivity contribution >= 4 is 32.8 Å². The molecule has 2 heterocycles. The molecule has 1 aromatic carbocycles. The molecule has 0 fully saturated rings. The van der Waals surface area contributed by atoms with Gasteiger partial charge in [-0.2, -0.15) is 0 Å². The molecule has 0 aliphatic carbocycles. The number of nitrogens with one attached hydrogen (secondary N) is 2. The molecule has 0 saturated carbocycles. The summed E-state index contributed by atoms with van der Waals surface area (Å²) in [5.41, 5.74) is 2.44. The van der Waals surface area contributed by atoms with Gasteiger partial charge in [0, 0.05) is 12.7 Å². The van der Waals surface area contributed by atoms with Gasteiger partial charge in [-0.15, -0.1) is 0 Å². The van der Waals surface area contributed by atoms with E-state index in [0.717, 1.165) is 17.6 Å². The first-order chi connectivity index (χ1) is 11.7. The van der Waals surface area contributed by atoms with Gasteiger partial charge in [0.05, 0.1) is 16.0 Å². The smallest absolute Gasteiger partial charge is 0.156 e. The lowest BCUT2D eigenvalue weighted by Crippen LogP contribution is -2.26. The molecule has 0 amide bonds. The standard InChI is InChI=1S/C17H17BrFN5/c1-2-20-9-15(11-5-6-13(19)12(18)8-11)24-17-16-14(22-10-23-17)4-3-7-21-16/h3-8,10,15,20H,2,9H2,1H3,(H,22,23,24)/t15-/m1/s1. The van der Waals surface area contributed by atoms with E-state index >= 15 is 0 Å². The van der Waals surface area contributed by atoms with Crippen molar-refractivity contribution in [3.05, 3.63) is 58.7 Å². The minimum absolute atomic E-state index is 0.0815. The van der Waals surface area contributed by atoms with E-state index < -0.39 is 0 Å². The van der Waals surface area contributed by atoms with Crippen molar-refractivity contribution < 1.29 is 4.39 Å². The van der Waals surface area contributed by atoms with E-state index in [0.29, 0.717) is 22.4 Å². The molecule has 124 valence electrons. The molecule has 0 bridgehead atoms. The summed E-state index contributed by atoms with van der Waals surface area (Å²) in [5, 5.41) is 6.71. The first kappa shape index (κ1) is 16.7. The van der Waals surface area contributed by atoms with Crippen molar-refractivity contribution in [3.8, 4) is 0 Å². The van der Waals surface area contributed by atoms with Crippen LogP contribution >= 0.6 is 15.9 Å². The van der Waals surface area contributed by atoms with E-state index in [2.05, 4.69) is 41.5 Å². The van der Waals surface area contributed by atoms with Crippen LogP contribution < -0.4 is 10.6 Å². The van der Waals surface area contributed by atoms with Crippen LogP contribution in [0, 0.1) is 5.82 Å². The fourth-order valence-corrected chi connectivity index (χ4v) is 2.83. The minimum Gasteiger partial charge on any atom is -0.360 e. The van der Waals surface area contributed by atoms with Crippen LogP contribution in [0.1, 0.15) is 18.5 Å². The average Bonchev–Trinajstić information content (AvgIpc) is 2.61. The molecule has 0 saturated heterocycles. The molecular formula is C17H17BrFN5. The third-order valence-electron chi connectivity index (χ3n) is 3.65. The molecule has 2 N–H and O–H groups in total. The Labute approximate surface area is 147 Å². The molecule has 0 radical (unpaired) electrons. The number of fused-ring (bicyclic) bond motifs is 1. The van der Waals surface area contributed by atoms with E-state index in [4.69, 9.17) is 0 Å². The van der Waals surface area contributed by atoms with Crippen molar-refractivity contribution in [2.75, 3.05) is 18.4 Å². The molecule has 0 aliphatic rings. The van der Waals surface area contributed by atoms with Crippen LogP contribution in [0.5, 0.6) is 0 Å². The second-order valence-electron chi connectivity index (χ2n) is 5.27. The second kappa shape index (κ2) is 7.63. The van der Waals surface area contributed by atoms with E-state index in [9.17, 15) is 4.39 Å². The first-order valence-corrected chi connectivity index (χ1v) is 8.46. The van der Waals surface area contributed by atoms with Crippen molar-refractivity contribution in [1.29, 1.82) is 0 Å². The summed E-state index contributed by atoms with van der Waals surface area (Å²) in [4.78, 5) is 12.9. The highest BCUT2D eigenvalue weighted by Gasteiger charge is 2.15. The zero-order valence-electron chi connectivity index (χ0n) is 13.1. The summed E-state index contributed by atoms with van der Waals surface area (Å²) in [6.07, 6.45) is 3.22. The Balaban J connectivity index is 1.95. The van der Waals surface area contributed by atoms with E-state index in [1.165, 1.54) is 12.4 Å². The molecular weight excluding hydrogens is 373 g/mol. The molecule has 0 unspecified atom stereocenters. The number of aromatic nitrogens is 3. The number of hydrogen-bond acceptors (Lipinski definition) is 5. The van der Waals surface area contributed by atoms with Crippen LogP contribution in [0.4, 0.5) is 10.2 Å².